The number of aromatic nitrogens is 8. The number of aliphatic hydroxyl groups excluding tert-OH is 4. The molecular formula is C23H28Cl2N10O8. The van der Waals surface area contributed by atoms with Crippen LogP contribution in [0.1, 0.15) is 26.3 Å². The van der Waals surface area contributed by atoms with Gasteiger partial charge in [-0.25, -0.2) is 29.9 Å². The molecule has 0 saturated carbocycles. The molecule has 18 nitrogen and oxygen atoms in total. The molecule has 8 N–H and O–H groups in total. The van der Waals surface area contributed by atoms with Crippen molar-refractivity contribution in [2.75, 3.05) is 24.7 Å². The van der Waals surface area contributed by atoms with E-state index in [1.807, 2.05) is 13.8 Å². The lowest BCUT2D eigenvalue weighted by Gasteiger charge is -2.24. The molecule has 3 aliphatic rings. The van der Waals surface area contributed by atoms with Crippen molar-refractivity contribution in [3.05, 3.63) is 23.2 Å². The average Bonchev–Trinajstić information content (AvgIpc) is 3.72. The molecule has 0 aromatic carbocycles. The molecule has 7 rings (SSSR count). The normalized spacial score (nSPS) is 31.4. The second kappa shape index (κ2) is 11.1. The van der Waals surface area contributed by atoms with Gasteiger partial charge in [0.2, 0.25) is 10.6 Å². The molecule has 0 bridgehead atoms. The Morgan fingerprint density at radius 3 is 1.77 bits per heavy atom. The molecule has 0 aliphatic carbocycles. The van der Waals surface area contributed by atoms with E-state index in [2.05, 4.69) is 29.9 Å². The number of rotatable bonds is 4. The van der Waals surface area contributed by atoms with Gasteiger partial charge in [-0.05, 0) is 37.0 Å². The number of nitrogens with zero attached hydrogens (tertiary/aromatic N) is 8. The Hall–Kier alpha value is -3.04. The summed E-state index contributed by atoms with van der Waals surface area (Å²) in [4.78, 5) is 24.1. The molecule has 4 aromatic rings. The van der Waals surface area contributed by atoms with Crippen molar-refractivity contribution in [3.8, 4) is 0 Å². The Balaban J connectivity index is 0.000000155. The number of hydrogen-bond donors (Lipinski definition) is 6. The topological polar surface area (TPSA) is 257 Å². The van der Waals surface area contributed by atoms with Gasteiger partial charge in [0, 0.05) is 0 Å². The standard InChI is InChI=1S/C13H16ClN5O4.C10H12ClN5O4/c1-13(2)22-7-5(3-20)21-11(8(7)23-13)19-10-6(18-12(19)14)9(15)16-4-17-10;11-10-15-4-7(12)13-2-14-8(4)16(10)9-6(19)5(18)3(1-17)20-9/h4-5,7-8,11,20H,3H2,1-2H3,(H2,15,16,17);2-3,5-6,9,17-19H,1H2,(H2,12,13,14)/t5-,7-,8-,11-;3-,5-,6-,9-/m11/s1. The van der Waals surface area contributed by atoms with E-state index in [0.29, 0.717) is 11.2 Å². The molecule has 3 aliphatic heterocycles. The van der Waals surface area contributed by atoms with Crippen LogP contribution < -0.4 is 11.5 Å². The van der Waals surface area contributed by atoms with Crippen LogP contribution in [0.3, 0.4) is 0 Å². The molecular weight excluding hydrogens is 615 g/mol. The van der Waals surface area contributed by atoms with Gasteiger partial charge >= 0.3 is 0 Å². The van der Waals surface area contributed by atoms with Gasteiger partial charge in [0.1, 0.15) is 49.3 Å². The first-order valence-corrected chi connectivity index (χ1v) is 13.7. The van der Waals surface area contributed by atoms with Crippen LogP contribution in [0.2, 0.25) is 10.6 Å². The summed E-state index contributed by atoms with van der Waals surface area (Å²) in [5.41, 5.74) is 12.9. The fourth-order valence-electron chi connectivity index (χ4n) is 5.36. The van der Waals surface area contributed by atoms with Gasteiger partial charge in [-0.2, -0.15) is 0 Å². The van der Waals surface area contributed by atoms with E-state index in [-0.39, 0.29) is 40.0 Å². The summed E-state index contributed by atoms with van der Waals surface area (Å²) in [6.45, 7) is 2.99. The molecule has 232 valence electrons. The number of hydrogen-bond acceptors (Lipinski definition) is 16. The Labute approximate surface area is 252 Å². The number of imidazole rings is 2. The number of fused-ring (bicyclic) bond motifs is 3. The van der Waals surface area contributed by atoms with Crippen molar-refractivity contribution >= 4 is 57.2 Å². The van der Waals surface area contributed by atoms with E-state index >= 15 is 0 Å². The highest BCUT2D eigenvalue weighted by Crippen LogP contribution is 2.44. The zero-order valence-electron chi connectivity index (χ0n) is 22.6. The summed E-state index contributed by atoms with van der Waals surface area (Å²) in [7, 11) is 0. The number of anilines is 2. The van der Waals surface area contributed by atoms with E-state index in [1.165, 1.54) is 17.2 Å². The van der Waals surface area contributed by atoms with Crippen LogP contribution in [-0.2, 0) is 18.9 Å². The van der Waals surface area contributed by atoms with Crippen molar-refractivity contribution in [1.29, 1.82) is 0 Å². The van der Waals surface area contributed by atoms with Crippen molar-refractivity contribution < 1.29 is 39.4 Å². The fourth-order valence-corrected chi connectivity index (χ4v) is 5.88. The first kappa shape index (κ1) is 30.0. The summed E-state index contributed by atoms with van der Waals surface area (Å²) < 4.78 is 25.9. The predicted molar refractivity (Wildman–Crippen MR) is 147 cm³/mol. The number of halogens is 2. The van der Waals surface area contributed by atoms with E-state index in [1.54, 1.807) is 4.57 Å². The molecule has 0 spiro atoms. The lowest BCUT2D eigenvalue weighted by atomic mass is 10.1. The number of ether oxygens (including phenoxy) is 4. The van der Waals surface area contributed by atoms with E-state index in [9.17, 15) is 15.3 Å². The number of nitrogens with two attached hydrogens (primary N) is 2. The molecule has 4 aromatic heterocycles. The average molecular weight is 643 g/mol. The summed E-state index contributed by atoms with van der Waals surface area (Å²) >= 11 is 12.3. The maximum atomic E-state index is 10.0. The van der Waals surface area contributed by atoms with Gasteiger partial charge in [0.15, 0.2) is 52.2 Å². The maximum absolute atomic E-state index is 10.0. The minimum atomic E-state index is -1.28. The maximum Gasteiger partial charge on any atom is 0.207 e. The number of aliphatic hydroxyl groups is 4. The Morgan fingerprint density at radius 2 is 1.26 bits per heavy atom. The van der Waals surface area contributed by atoms with Gasteiger partial charge in [-0.15, -0.1) is 0 Å². The van der Waals surface area contributed by atoms with Crippen LogP contribution in [0.5, 0.6) is 0 Å². The minimum absolute atomic E-state index is 0.0120. The van der Waals surface area contributed by atoms with Gasteiger partial charge in [-0.1, -0.05) is 0 Å². The second-order valence-corrected chi connectivity index (χ2v) is 11.1. The quantitative estimate of drug-likeness (QED) is 0.148. The minimum Gasteiger partial charge on any atom is -0.394 e. The third-order valence-electron chi connectivity index (χ3n) is 7.26. The first-order valence-electron chi connectivity index (χ1n) is 13.0. The van der Waals surface area contributed by atoms with Gasteiger partial charge < -0.3 is 50.8 Å². The van der Waals surface area contributed by atoms with Gasteiger partial charge in [0.25, 0.3) is 0 Å². The molecule has 43 heavy (non-hydrogen) atoms. The predicted octanol–water partition coefficient (Wildman–Crippen LogP) is -0.855. The first-order chi connectivity index (χ1) is 20.5. The molecule has 0 amide bonds. The molecule has 0 radical (unpaired) electrons. The zero-order valence-corrected chi connectivity index (χ0v) is 24.1. The van der Waals surface area contributed by atoms with Crippen molar-refractivity contribution in [2.24, 2.45) is 0 Å². The summed E-state index contributed by atoms with van der Waals surface area (Å²) in [6, 6.07) is 0. The van der Waals surface area contributed by atoms with E-state index in [4.69, 9.17) is 58.7 Å². The van der Waals surface area contributed by atoms with Crippen LogP contribution in [0.4, 0.5) is 11.6 Å². The molecule has 3 saturated heterocycles. The van der Waals surface area contributed by atoms with Gasteiger partial charge in [0.05, 0.1) is 13.2 Å². The smallest absolute Gasteiger partial charge is 0.207 e. The molecule has 0 unspecified atom stereocenters. The summed E-state index contributed by atoms with van der Waals surface area (Å²) in [5.74, 6) is -0.406. The van der Waals surface area contributed by atoms with Crippen molar-refractivity contribution in [2.45, 2.75) is 68.7 Å². The third kappa shape index (κ3) is 5.02. The fraction of sp³-hybridized carbons (Fsp3) is 0.565. The Bertz CT molecular complexity index is 1660. The highest BCUT2D eigenvalue weighted by molar-refractivity contribution is 6.29. The Kier molecular flexibility index (Phi) is 7.78. The number of nitrogen functional groups attached to an aromatic ring is 2. The molecule has 7 heterocycles. The van der Waals surface area contributed by atoms with Crippen LogP contribution in [-0.4, -0.2) is 115 Å². The van der Waals surface area contributed by atoms with Crippen molar-refractivity contribution in [1.82, 2.24) is 39.0 Å². The van der Waals surface area contributed by atoms with Gasteiger partial charge in [-0.3, -0.25) is 9.13 Å². The van der Waals surface area contributed by atoms with Crippen LogP contribution in [0.15, 0.2) is 12.7 Å². The second-order valence-electron chi connectivity index (χ2n) is 10.4. The zero-order chi connectivity index (χ0) is 30.8. The lowest BCUT2D eigenvalue weighted by Crippen LogP contribution is -2.33. The summed E-state index contributed by atoms with van der Waals surface area (Å²) in [6.07, 6.45) is -3.91. The largest absolute Gasteiger partial charge is 0.394 e. The SMILES string of the molecule is CC1(C)O[C@@H]2[C@H](O1)[C@@H](CO)O[C@H]2n1c(Cl)nc2c(N)ncnc21.Nc1ncnc2c1nc(Cl)n2[C@@H]1O[C@H](CO)[C@@H](O)[C@H]1O. The molecule has 3 fully saturated rings. The van der Waals surface area contributed by atoms with Crippen LogP contribution in [0.25, 0.3) is 22.3 Å². The summed E-state index contributed by atoms with van der Waals surface area (Å²) in [5, 5.41) is 38.6. The van der Waals surface area contributed by atoms with Crippen LogP contribution >= 0.6 is 23.2 Å². The lowest BCUT2D eigenvalue weighted by molar-refractivity contribution is -0.199. The Morgan fingerprint density at radius 1 is 0.767 bits per heavy atom. The molecule has 20 heteroatoms. The monoisotopic (exact) mass is 642 g/mol. The van der Waals surface area contributed by atoms with Crippen LogP contribution in [0, 0.1) is 0 Å². The highest BCUT2D eigenvalue weighted by Gasteiger charge is 2.56. The highest BCUT2D eigenvalue weighted by atomic mass is 35.5. The molecule has 8 atom stereocenters. The van der Waals surface area contributed by atoms with E-state index in [0.717, 1.165) is 0 Å². The van der Waals surface area contributed by atoms with Crippen molar-refractivity contribution in [3.63, 3.8) is 0 Å². The third-order valence-corrected chi connectivity index (χ3v) is 7.79. The van der Waals surface area contributed by atoms with E-state index < -0.39 is 61.5 Å².